The first-order valence-corrected chi connectivity index (χ1v) is 6.81. The van der Waals surface area contributed by atoms with Crippen LogP contribution in [0.15, 0.2) is 15.2 Å². The standard InChI is InChI=1S/C13H16N4O3/c1-2-3-11-15-9(7-19-11)12-16-13(20-17-12)8-4-5-14-10(18)6-8/h7-8H,2-6H2,1H3,(H,14,18). The monoisotopic (exact) mass is 276 g/mol. The summed E-state index contributed by atoms with van der Waals surface area (Å²) in [6.45, 7) is 2.70. The van der Waals surface area contributed by atoms with E-state index in [1.165, 1.54) is 6.26 Å². The Morgan fingerprint density at radius 1 is 1.45 bits per heavy atom. The van der Waals surface area contributed by atoms with Crippen LogP contribution in [0.3, 0.4) is 0 Å². The first-order valence-electron chi connectivity index (χ1n) is 6.81. The van der Waals surface area contributed by atoms with Crippen molar-refractivity contribution in [3.63, 3.8) is 0 Å². The summed E-state index contributed by atoms with van der Waals surface area (Å²) < 4.78 is 10.6. The maximum Gasteiger partial charge on any atom is 0.230 e. The molecular weight excluding hydrogens is 260 g/mol. The smallest absolute Gasteiger partial charge is 0.230 e. The summed E-state index contributed by atoms with van der Waals surface area (Å²) in [5, 5.41) is 6.70. The predicted octanol–water partition coefficient (Wildman–Crippen LogP) is 1.67. The van der Waals surface area contributed by atoms with Crippen molar-refractivity contribution in [2.75, 3.05) is 6.54 Å². The maximum atomic E-state index is 11.4. The second-order valence-electron chi connectivity index (χ2n) is 4.87. The van der Waals surface area contributed by atoms with Crippen LogP contribution in [0, 0.1) is 0 Å². The molecule has 106 valence electrons. The summed E-state index contributed by atoms with van der Waals surface area (Å²) >= 11 is 0. The Kier molecular flexibility index (Phi) is 3.49. The lowest BCUT2D eigenvalue weighted by Gasteiger charge is -2.18. The fourth-order valence-electron chi connectivity index (χ4n) is 2.24. The van der Waals surface area contributed by atoms with E-state index in [1.807, 2.05) is 0 Å². The number of carbonyl (C=O) groups excluding carboxylic acids is 1. The third-order valence-corrected chi connectivity index (χ3v) is 3.28. The SMILES string of the molecule is CCCc1nc(-c2noc(C3CCNC(=O)C3)n2)co1. The first-order chi connectivity index (χ1) is 9.76. The Morgan fingerprint density at radius 3 is 3.15 bits per heavy atom. The van der Waals surface area contributed by atoms with Crippen LogP contribution in [-0.4, -0.2) is 27.6 Å². The minimum Gasteiger partial charge on any atom is -0.448 e. The van der Waals surface area contributed by atoms with E-state index in [0.29, 0.717) is 36.3 Å². The highest BCUT2D eigenvalue weighted by Gasteiger charge is 2.26. The van der Waals surface area contributed by atoms with Crippen LogP contribution in [0.4, 0.5) is 0 Å². The molecule has 0 aliphatic carbocycles. The zero-order valence-electron chi connectivity index (χ0n) is 11.3. The van der Waals surface area contributed by atoms with Crippen LogP contribution in [0.5, 0.6) is 0 Å². The largest absolute Gasteiger partial charge is 0.448 e. The summed E-state index contributed by atoms with van der Waals surface area (Å²) in [5.41, 5.74) is 0.573. The number of hydrogen-bond donors (Lipinski definition) is 1. The zero-order valence-corrected chi connectivity index (χ0v) is 11.3. The first kappa shape index (κ1) is 12.8. The molecule has 1 fully saturated rings. The van der Waals surface area contributed by atoms with Gasteiger partial charge in [-0.1, -0.05) is 12.1 Å². The number of carbonyl (C=O) groups is 1. The normalized spacial score (nSPS) is 19.1. The number of oxazole rings is 1. The Bertz CT molecular complexity index is 604. The third-order valence-electron chi connectivity index (χ3n) is 3.28. The molecule has 1 atom stereocenters. The molecule has 0 saturated carbocycles. The summed E-state index contributed by atoms with van der Waals surface area (Å²) in [7, 11) is 0. The van der Waals surface area contributed by atoms with Gasteiger partial charge in [0.1, 0.15) is 12.0 Å². The van der Waals surface area contributed by atoms with Gasteiger partial charge in [-0.25, -0.2) is 4.98 Å². The van der Waals surface area contributed by atoms with Crippen LogP contribution < -0.4 is 5.32 Å². The lowest BCUT2D eigenvalue weighted by atomic mass is 9.98. The van der Waals surface area contributed by atoms with Gasteiger partial charge in [0.25, 0.3) is 0 Å². The van der Waals surface area contributed by atoms with Gasteiger partial charge in [0.05, 0.1) is 0 Å². The molecule has 0 radical (unpaired) electrons. The predicted molar refractivity (Wildman–Crippen MR) is 68.8 cm³/mol. The number of piperidine rings is 1. The maximum absolute atomic E-state index is 11.4. The topological polar surface area (TPSA) is 94.1 Å². The van der Waals surface area contributed by atoms with Crippen molar-refractivity contribution in [2.45, 2.75) is 38.5 Å². The van der Waals surface area contributed by atoms with Crippen molar-refractivity contribution in [1.29, 1.82) is 0 Å². The molecule has 0 bridgehead atoms. The molecule has 0 spiro atoms. The van der Waals surface area contributed by atoms with Crippen molar-refractivity contribution in [2.24, 2.45) is 0 Å². The van der Waals surface area contributed by atoms with E-state index in [-0.39, 0.29) is 11.8 Å². The van der Waals surface area contributed by atoms with Crippen molar-refractivity contribution < 1.29 is 13.7 Å². The van der Waals surface area contributed by atoms with E-state index in [1.54, 1.807) is 0 Å². The van der Waals surface area contributed by atoms with Gasteiger partial charge in [-0.15, -0.1) is 0 Å². The minimum atomic E-state index is -0.00740. The number of nitrogens with zero attached hydrogens (tertiary/aromatic N) is 3. The van der Waals surface area contributed by atoms with Gasteiger partial charge in [0, 0.05) is 25.3 Å². The molecule has 1 N–H and O–H groups in total. The van der Waals surface area contributed by atoms with Gasteiger partial charge in [0.2, 0.25) is 17.6 Å². The molecule has 3 heterocycles. The van der Waals surface area contributed by atoms with Crippen molar-refractivity contribution in [3.05, 3.63) is 18.0 Å². The van der Waals surface area contributed by atoms with E-state index in [9.17, 15) is 4.79 Å². The minimum absolute atomic E-state index is 0.00740. The van der Waals surface area contributed by atoms with E-state index in [4.69, 9.17) is 8.94 Å². The molecule has 1 aliphatic rings. The number of aryl methyl sites for hydroxylation is 1. The fourth-order valence-corrected chi connectivity index (χ4v) is 2.24. The van der Waals surface area contributed by atoms with Crippen LogP contribution >= 0.6 is 0 Å². The molecule has 3 rings (SSSR count). The molecule has 1 unspecified atom stereocenters. The van der Waals surface area contributed by atoms with Crippen LogP contribution in [-0.2, 0) is 11.2 Å². The molecule has 7 heteroatoms. The highest BCUT2D eigenvalue weighted by atomic mass is 16.5. The molecule has 1 aliphatic heterocycles. The number of aromatic nitrogens is 3. The Labute approximate surface area is 115 Å². The Balaban J connectivity index is 1.76. The Hall–Kier alpha value is -2.18. The number of hydrogen-bond acceptors (Lipinski definition) is 6. The third kappa shape index (κ3) is 2.56. The number of rotatable bonds is 4. The number of amides is 1. The average Bonchev–Trinajstić information content (AvgIpc) is 3.07. The van der Waals surface area contributed by atoms with Crippen molar-refractivity contribution >= 4 is 5.91 Å². The highest BCUT2D eigenvalue weighted by molar-refractivity contribution is 5.77. The van der Waals surface area contributed by atoms with Crippen molar-refractivity contribution in [1.82, 2.24) is 20.4 Å². The molecule has 2 aromatic rings. The second kappa shape index (κ2) is 5.44. The summed E-state index contributed by atoms with van der Waals surface area (Å²) in [5.74, 6) is 1.59. The van der Waals surface area contributed by atoms with Crippen molar-refractivity contribution in [3.8, 4) is 11.5 Å². The van der Waals surface area contributed by atoms with Crippen LogP contribution in [0.1, 0.15) is 43.9 Å². The quantitative estimate of drug-likeness (QED) is 0.912. The van der Waals surface area contributed by atoms with Gasteiger partial charge < -0.3 is 14.3 Å². The molecule has 2 aromatic heterocycles. The second-order valence-corrected chi connectivity index (χ2v) is 4.87. The highest BCUT2D eigenvalue weighted by Crippen LogP contribution is 2.26. The van der Waals surface area contributed by atoms with Gasteiger partial charge in [0.15, 0.2) is 5.89 Å². The molecule has 1 saturated heterocycles. The van der Waals surface area contributed by atoms with Gasteiger partial charge in [-0.05, 0) is 12.8 Å². The molecule has 0 aromatic carbocycles. The van der Waals surface area contributed by atoms with Gasteiger partial charge in [-0.2, -0.15) is 4.98 Å². The average molecular weight is 276 g/mol. The van der Waals surface area contributed by atoms with Gasteiger partial charge >= 0.3 is 0 Å². The summed E-state index contributed by atoms with van der Waals surface area (Å²) in [4.78, 5) is 20.0. The summed E-state index contributed by atoms with van der Waals surface area (Å²) in [6.07, 6.45) is 4.49. The van der Waals surface area contributed by atoms with E-state index >= 15 is 0 Å². The van der Waals surface area contributed by atoms with E-state index in [0.717, 1.165) is 19.3 Å². The van der Waals surface area contributed by atoms with Crippen LogP contribution in [0.25, 0.3) is 11.5 Å². The lowest BCUT2D eigenvalue weighted by molar-refractivity contribution is -0.122. The fraction of sp³-hybridized carbons (Fsp3) is 0.538. The molecular formula is C13H16N4O3. The lowest BCUT2D eigenvalue weighted by Crippen LogP contribution is -2.32. The molecule has 1 amide bonds. The molecule has 20 heavy (non-hydrogen) atoms. The van der Waals surface area contributed by atoms with E-state index in [2.05, 4.69) is 27.4 Å². The van der Waals surface area contributed by atoms with E-state index < -0.39 is 0 Å². The summed E-state index contributed by atoms with van der Waals surface area (Å²) in [6, 6.07) is 0. The zero-order chi connectivity index (χ0) is 13.9. The molecule has 7 nitrogen and oxygen atoms in total. The Morgan fingerprint density at radius 2 is 2.35 bits per heavy atom. The van der Waals surface area contributed by atoms with Gasteiger partial charge in [-0.3, -0.25) is 4.79 Å². The van der Waals surface area contributed by atoms with Crippen LogP contribution in [0.2, 0.25) is 0 Å². The number of nitrogens with one attached hydrogen (secondary N) is 1.